The van der Waals surface area contributed by atoms with Gasteiger partial charge < -0.3 is 5.32 Å². The number of Topliss-reactive ketones (excluding diaryl/α,β-unsaturated/α-hetero) is 1. The van der Waals surface area contributed by atoms with Crippen LogP contribution in [0, 0.1) is 5.92 Å². The molecule has 2 aromatic carbocycles. The van der Waals surface area contributed by atoms with E-state index in [1.54, 1.807) is 0 Å². The van der Waals surface area contributed by atoms with Crippen molar-refractivity contribution in [2.75, 3.05) is 38.5 Å². The molecule has 0 spiro atoms. The van der Waals surface area contributed by atoms with Crippen molar-refractivity contribution in [3.05, 3.63) is 59.7 Å². The number of likely N-dealkylation sites (N-methyl/N-ethyl adjacent to an activating group) is 1. The molecule has 172 valence electrons. The van der Waals surface area contributed by atoms with Crippen LogP contribution in [0.1, 0.15) is 30.4 Å². The Kier molecular flexibility index (Phi) is 6.51. The number of piperidine rings is 1. The summed E-state index contributed by atoms with van der Waals surface area (Å²) in [5.41, 5.74) is 4.52. The fourth-order valence-electron chi connectivity index (χ4n) is 4.90. The number of H-pyrrole nitrogens is 1. The van der Waals surface area contributed by atoms with Gasteiger partial charge in [-0.3, -0.25) is 19.7 Å². The van der Waals surface area contributed by atoms with Crippen LogP contribution in [0.15, 0.2) is 48.5 Å². The zero-order chi connectivity index (χ0) is 22.6. The van der Waals surface area contributed by atoms with Crippen molar-refractivity contribution < 1.29 is 4.79 Å². The first-order chi connectivity index (χ1) is 16.1. The summed E-state index contributed by atoms with van der Waals surface area (Å²) in [7, 11) is 2.06. The van der Waals surface area contributed by atoms with Crippen molar-refractivity contribution in [3.63, 3.8) is 0 Å². The molecule has 0 amide bonds. The lowest BCUT2D eigenvalue weighted by Gasteiger charge is -2.32. The minimum atomic E-state index is 0.196. The van der Waals surface area contributed by atoms with Gasteiger partial charge in [-0.25, -0.2) is 0 Å². The standard InChI is InChI=1S/C26H32N6O/c1-31-12-4-7-19-5-2-8-22(15-19)25-28-26(30-29-25)27-23-9-3-6-20(16-23)17-32-13-10-21(11-14-32)24(33)18-31/h2-3,5-6,8-9,15-16,21H,4,7,10-14,17-18H2,1H3,(H2,27,28,29,30). The summed E-state index contributed by atoms with van der Waals surface area (Å²) in [6.45, 7) is 4.30. The van der Waals surface area contributed by atoms with E-state index in [1.165, 1.54) is 11.1 Å². The van der Waals surface area contributed by atoms with Crippen LogP contribution in [-0.4, -0.2) is 64.0 Å². The van der Waals surface area contributed by atoms with E-state index in [0.29, 0.717) is 18.3 Å². The van der Waals surface area contributed by atoms with Crippen molar-refractivity contribution in [1.29, 1.82) is 0 Å². The highest BCUT2D eigenvalue weighted by molar-refractivity contribution is 5.83. The summed E-state index contributed by atoms with van der Waals surface area (Å²) in [4.78, 5) is 22.2. The van der Waals surface area contributed by atoms with E-state index >= 15 is 0 Å². The van der Waals surface area contributed by atoms with E-state index < -0.39 is 0 Å². The summed E-state index contributed by atoms with van der Waals surface area (Å²) in [5, 5.41) is 10.8. The predicted molar refractivity (Wildman–Crippen MR) is 130 cm³/mol. The van der Waals surface area contributed by atoms with Gasteiger partial charge in [0.15, 0.2) is 5.82 Å². The zero-order valence-electron chi connectivity index (χ0n) is 19.3. The second-order valence-electron chi connectivity index (χ2n) is 9.39. The molecule has 7 nitrogen and oxygen atoms in total. The lowest BCUT2D eigenvalue weighted by atomic mass is 9.92. The van der Waals surface area contributed by atoms with Crippen LogP contribution in [-0.2, 0) is 17.8 Å². The maximum Gasteiger partial charge on any atom is 0.246 e. The molecule has 2 N–H and O–H groups in total. The number of nitrogens with one attached hydrogen (secondary N) is 2. The van der Waals surface area contributed by atoms with Crippen molar-refractivity contribution >= 4 is 17.4 Å². The van der Waals surface area contributed by atoms with Gasteiger partial charge in [0.1, 0.15) is 5.78 Å². The van der Waals surface area contributed by atoms with Crippen LogP contribution < -0.4 is 5.32 Å². The van der Waals surface area contributed by atoms with E-state index in [9.17, 15) is 4.79 Å². The Bertz CT molecular complexity index is 1100. The number of rotatable bonds is 0. The Balaban J connectivity index is 1.39. The lowest BCUT2D eigenvalue weighted by Crippen LogP contribution is -2.39. The largest absolute Gasteiger partial charge is 0.323 e. The summed E-state index contributed by atoms with van der Waals surface area (Å²) in [6.07, 6.45) is 3.90. The van der Waals surface area contributed by atoms with Gasteiger partial charge in [-0.15, -0.1) is 5.10 Å². The fraction of sp³-hybridized carbons (Fsp3) is 0.423. The van der Waals surface area contributed by atoms with Gasteiger partial charge in [0, 0.05) is 23.7 Å². The minimum Gasteiger partial charge on any atom is -0.323 e. The monoisotopic (exact) mass is 444 g/mol. The molecule has 6 rings (SSSR count). The molecule has 0 saturated carbocycles. The number of aromatic amines is 1. The number of fused-ring (bicyclic) bond motifs is 7. The average molecular weight is 445 g/mol. The zero-order valence-corrected chi connectivity index (χ0v) is 19.3. The molecule has 33 heavy (non-hydrogen) atoms. The second kappa shape index (κ2) is 9.85. The highest BCUT2D eigenvalue weighted by Crippen LogP contribution is 2.23. The molecule has 0 atom stereocenters. The number of benzene rings is 2. The first-order valence-electron chi connectivity index (χ1n) is 11.9. The molecule has 0 radical (unpaired) electrons. The molecule has 0 unspecified atom stereocenters. The molecule has 3 aliphatic rings. The topological polar surface area (TPSA) is 77.2 Å². The Labute approximate surface area is 195 Å². The van der Waals surface area contributed by atoms with Gasteiger partial charge in [0.25, 0.3) is 0 Å². The number of anilines is 2. The summed E-state index contributed by atoms with van der Waals surface area (Å²) in [6, 6.07) is 16.9. The van der Waals surface area contributed by atoms with E-state index in [0.717, 1.165) is 68.9 Å². The third-order valence-electron chi connectivity index (χ3n) is 6.75. The predicted octanol–water partition coefficient (Wildman–Crippen LogP) is 3.87. The van der Waals surface area contributed by atoms with Gasteiger partial charge >= 0.3 is 0 Å². The SMILES string of the molecule is CN1CCCc2cccc(c2)-c2nc(n[nH]2)Nc2cccc(c2)CN2CCC(CC2)C(=O)C1. The van der Waals surface area contributed by atoms with Gasteiger partial charge in [-0.2, -0.15) is 4.98 Å². The van der Waals surface area contributed by atoms with Crippen molar-refractivity contribution in [3.8, 4) is 11.4 Å². The van der Waals surface area contributed by atoms with Crippen molar-refractivity contribution in [2.24, 2.45) is 5.92 Å². The Hall–Kier alpha value is -3.03. The number of aryl methyl sites for hydroxylation is 1. The molecular weight excluding hydrogens is 412 g/mol. The van der Waals surface area contributed by atoms with Crippen LogP contribution in [0.2, 0.25) is 0 Å². The van der Waals surface area contributed by atoms with Gasteiger partial charge in [-0.05, 0) is 81.7 Å². The molecule has 3 aliphatic heterocycles. The van der Waals surface area contributed by atoms with Gasteiger partial charge in [0.05, 0.1) is 6.54 Å². The first-order valence-corrected chi connectivity index (χ1v) is 11.9. The number of carbonyl (C=O) groups is 1. The Morgan fingerprint density at radius 3 is 2.67 bits per heavy atom. The maximum absolute atomic E-state index is 12.9. The summed E-state index contributed by atoms with van der Waals surface area (Å²) < 4.78 is 0. The third-order valence-corrected chi connectivity index (χ3v) is 6.75. The fourth-order valence-corrected chi connectivity index (χ4v) is 4.90. The molecule has 3 aromatic rings. The molecule has 1 aromatic heterocycles. The maximum atomic E-state index is 12.9. The van der Waals surface area contributed by atoms with E-state index in [-0.39, 0.29) is 5.92 Å². The van der Waals surface area contributed by atoms with Gasteiger partial charge in [-0.1, -0.05) is 30.3 Å². The average Bonchev–Trinajstić information content (AvgIpc) is 3.28. The molecule has 1 fully saturated rings. The molecule has 8 bridgehead atoms. The number of hydrogen-bond donors (Lipinski definition) is 2. The quantitative estimate of drug-likeness (QED) is 0.548. The Morgan fingerprint density at radius 2 is 1.79 bits per heavy atom. The van der Waals surface area contributed by atoms with Crippen molar-refractivity contribution in [2.45, 2.75) is 32.2 Å². The number of carbonyl (C=O) groups excluding carboxylic acids is 1. The second-order valence-corrected chi connectivity index (χ2v) is 9.39. The van der Waals surface area contributed by atoms with Crippen LogP contribution in [0.3, 0.4) is 0 Å². The van der Waals surface area contributed by atoms with Crippen LogP contribution in [0.25, 0.3) is 11.4 Å². The highest BCUT2D eigenvalue weighted by atomic mass is 16.1. The van der Waals surface area contributed by atoms with Crippen LogP contribution >= 0.6 is 0 Å². The number of nitrogens with zero attached hydrogens (tertiary/aromatic N) is 4. The number of aromatic nitrogens is 3. The molecule has 0 aliphatic carbocycles. The van der Waals surface area contributed by atoms with E-state index in [1.807, 2.05) is 6.07 Å². The number of hydrogen-bond acceptors (Lipinski definition) is 6. The summed E-state index contributed by atoms with van der Waals surface area (Å²) >= 11 is 0. The van der Waals surface area contributed by atoms with Crippen LogP contribution in [0.4, 0.5) is 11.6 Å². The number of ketones is 1. The highest BCUT2D eigenvalue weighted by Gasteiger charge is 2.25. The van der Waals surface area contributed by atoms with Crippen molar-refractivity contribution in [1.82, 2.24) is 25.0 Å². The molecular formula is C26H32N6O. The van der Waals surface area contributed by atoms with E-state index in [2.05, 4.69) is 79.8 Å². The molecule has 7 heteroatoms. The molecule has 4 heterocycles. The van der Waals surface area contributed by atoms with E-state index in [4.69, 9.17) is 0 Å². The third kappa shape index (κ3) is 5.49. The van der Waals surface area contributed by atoms with Gasteiger partial charge in [0.2, 0.25) is 5.95 Å². The van der Waals surface area contributed by atoms with Crippen LogP contribution in [0.5, 0.6) is 0 Å². The lowest BCUT2D eigenvalue weighted by molar-refractivity contribution is -0.125. The first kappa shape index (κ1) is 21.8. The summed E-state index contributed by atoms with van der Waals surface area (Å²) in [5.74, 6) is 1.92. The minimum absolute atomic E-state index is 0.196. The normalized spacial score (nSPS) is 22.4. The Morgan fingerprint density at radius 1 is 0.970 bits per heavy atom. The molecule has 1 saturated heterocycles. The smallest absolute Gasteiger partial charge is 0.246 e.